The van der Waals surface area contributed by atoms with Crippen LogP contribution < -0.4 is 4.90 Å². The Kier molecular flexibility index (Phi) is 2.42. The van der Waals surface area contributed by atoms with Crippen molar-refractivity contribution < 1.29 is 9.59 Å². The van der Waals surface area contributed by atoms with E-state index in [2.05, 4.69) is 17.1 Å². The highest BCUT2D eigenvalue weighted by atomic mass is 16.2. The monoisotopic (exact) mass is 304 g/mol. The number of allylic oxidation sites excluding steroid dienone is 2. The van der Waals surface area contributed by atoms with E-state index in [4.69, 9.17) is 0 Å². The van der Waals surface area contributed by atoms with Gasteiger partial charge in [0.05, 0.1) is 23.0 Å². The third-order valence-corrected chi connectivity index (χ3v) is 5.68. The molecule has 1 aliphatic heterocycles. The molecule has 1 aromatic heterocycles. The van der Waals surface area contributed by atoms with Gasteiger partial charge in [0.15, 0.2) is 0 Å². The van der Waals surface area contributed by atoms with Gasteiger partial charge in [-0.25, -0.2) is 4.90 Å². The third-order valence-electron chi connectivity index (χ3n) is 5.68. The van der Waals surface area contributed by atoms with Crippen molar-refractivity contribution in [2.45, 2.75) is 13.3 Å². The maximum Gasteiger partial charge on any atom is 0.238 e. The second-order valence-electron chi connectivity index (χ2n) is 6.81. The zero-order valence-electron chi connectivity index (χ0n) is 12.8. The molecule has 2 aliphatic carbocycles. The van der Waals surface area contributed by atoms with E-state index in [0.29, 0.717) is 5.69 Å². The molecule has 0 unspecified atom stereocenters. The summed E-state index contributed by atoms with van der Waals surface area (Å²) in [7, 11) is 0. The third kappa shape index (κ3) is 1.53. The summed E-state index contributed by atoms with van der Waals surface area (Å²) < 4.78 is 0. The fourth-order valence-corrected chi connectivity index (χ4v) is 4.62. The minimum atomic E-state index is -0.169. The van der Waals surface area contributed by atoms with Gasteiger partial charge in [0.2, 0.25) is 11.8 Å². The minimum Gasteiger partial charge on any atom is -0.274 e. The van der Waals surface area contributed by atoms with E-state index < -0.39 is 0 Å². The number of benzene rings is 1. The van der Waals surface area contributed by atoms with Crippen LogP contribution in [0.15, 0.2) is 42.6 Å². The number of hydrogen-bond acceptors (Lipinski definition) is 3. The van der Waals surface area contributed by atoms with Crippen LogP contribution in [0.2, 0.25) is 0 Å². The van der Waals surface area contributed by atoms with Crippen LogP contribution in [0, 0.1) is 30.6 Å². The summed E-state index contributed by atoms with van der Waals surface area (Å²) in [6, 6.07) is 7.66. The van der Waals surface area contributed by atoms with Crippen LogP contribution in [0.4, 0.5) is 5.69 Å². The predicted molar refractivity (Wildman–Crippen MR) is 86.7 cm³/mol. The van der Waals surface area contributed by atoms with Crippen molar-refractivity contribution in [3.63, 3.8) is 0 Å². The van der Waals surface area contributed by atoms with Gasteiger partial charge in [0.25, 0.3) is 0 Å². The molecule has 2 amide bonds. The van der Waals surface area contributed by atoms with E-state index in [1.165, 1.54) is 4.90 Å². The smallest absolute Gasteiger partial charge is 0.238 e. The summed E-state index contributed by atoms with van der Waals surface area (Å²) in [6.07, 6.45) is 6.92. The van der Waals surface area contributed by atoms with E-state index >= 15 is 0 Å². The van der Waals surface area contributed by atoms with E-state index in [9.17, 15) is 9.59 Å². The van der Waals surface area contributed by atoms with Gasteiger partial charge in [-0.2, -0.15) is 0 Å². The SMILES string of the molecule is Cc1ccnc2c(N3C(=O)[C@H]4[C@H](C3=O)[C@H]3C=C[C@H]4C3)cccc12. The van der Waals surface area contributed by atoms with Crippen LogP contribution in [0.5, 0.6) is 0 Å². The van der Waals surface area contributed by atoms with Crippen LogP contribution in [-0.2, 0) is 9.59 Å². The van der Waals surface area contributed by atoms with Crippen molar-refractivity contribution in [2.75, 3.05) is 4.90 Å². The first kappa shape index (κ1) is 13.0. The lowest BCUT2D eigenvalue weighted by Crippen LogP contribution is -2.33. The molecule has 114 valence electrons. The predicted octanol–water partition coefficient (Wildman–Crippen LogP) is 2.85. The lowest BCUT2D eigenvalue weighted by molar-refractivity contribution is -0.123. The second-order valence-corrected chi connectivity index (χ2v) is 6.81. The molecule has 3 aliphatic rings. The van der Waals surface area contributed by atoms with Gasteiger partial charge in [-0.05, 0) is 42.9 Å². The van der Waals surface area contributed by atoms with E-state index in [-0.39, 0.29) is 35.5 Å². The van der Waals surface area contributed by atoms with Crippen LogP contribution in [0.3, 0.4) is 0 Å². The molecule has 1 aromatic carbocycles. The van der Waals surface area contributed by atoms with E-state index in [0.717, 1.165) is 22.9 Å². The fourth-order valence-electron chi connectivity index (χ4n) is 4.62. The van der Waals surface area contributed by atoms with Gasteiger partial charge in [0.1, 0.15) is 0 Å². The standard InChI is InChI=1S/C19H16N2O2/c1-10-7-8-20-17-13(10)3-2-4-14(17)21-18(22)15-11-5-6-12(9-11)16(15)19(21)23/h2-8,11-12,15-16H,9H2,1H3/t11-,12-,15+,16+/m0/s1. The molecule has 1 saturated heterocycles. The van der Waals surface area contributed by atoms with Crippen molar-refractivity contribution in [1.29, 1.82) is 0 Å². The number of imide groups is 1. The number of hydrogen-bond donors (Lipinski definition) is 0. The zero-order valence-corrected chi connectivity index (χ0v) is 12.8. The van der Waals surface area contributed by atoms with Crippen molar-refractivity contribution in [3.8, 4) is 0 Å². The summed E-state index contributed by atoms with van der Waals surface area (Å²) in [5, 5.41) is 0.990. The Hall–Kier alpha value is -2.49. The molecule has 2 fully saturated rings. The number of pyridine rings is 1. The number of aromatic nitrogens is 1. The Balaban J connectivity index is 1.68. The Morgan fingerprint density at radius 3 is 2.43 bits per heavy atom. The van der Waals surface area contributed by atoms with Crippen LogP contribution in [0.25, 0.3) is 10.9 Å². The minimum absolute atomic E-state index is 0.0485. The molecule has 0 N–H and O–H groups in total. The molecule has 4 heteroatoms. The average molecular weight is 304 g/mol. The molecule has 2 aromatic rings. The molecule has 5 rings (SSSR count). The van der Waals surface area contributed by atoms with Crippen molar-refractivity contribution >= 4 is 28.4 Å². The van der Waals surface area contributed by atoms with Gasteiger partial charge in [-0.15, -0.1) is 0 Å². The highest BCUT2D eigenvalue weighted by Gasteiger charge is 2.59. The first-order valence-corrected chi connectivity index (χ1v) is 8.07. The molecular formula is C19H16N2O2. The topological polar surface area (TPSA) is 50.3 Å². The summed E-state index contributed by atoms with van der Waals surface area (Å²) in [6.45, 7) is 2.01. The number of amides is 2. The van der Waals surface area contributed by atoms with Crippen LogP contribution in [-0.4, -0.2) is 16.8 Å². The fraction of sp³-hybridized carbons (Fsp3) is 0.316. The Bertz CT molecular complexity index is 871. The molecule has 0 spiro atoms. The molecule has 1 saturated carbocycles. The number of nitrogens with zero attached hydrogens (tertiary/aromatic N) is 2. The number of aryl methyl sites for hydroxylation is 1. The lowest BCUT2D eigenvalue weighted by Gasteiger charge is -2.19. The molecule has 4 nitrogen and oxygen atoms in total. The van der Waals surface area contributed by atoms with Crippen molar-refractivity contribution in [1.82, 2.24) is 4.98 Å². The summed E-state index contributed by atoms with van der Waals surface area (Å²) in [4.78, 5) is 31.8. The van der Waals surface area contributed by atoms with Crippen molar-refractivity contribution in [3.05, 3.63) is 48.2 Å². The summed E-state index contributed by atoms with van der Waals surface area (Å²) in [5.74, 6) is 0.0303. The molecule has 2 bridgehead atoms. The molecular weight excluding hydrogens is 288 g/mol. The highest BCUT2D eigenvalue weighted by Crippen LogP contribution is 2.53. The number of anilines is 1. The first-order valence-electron chi connectivity index (χ1n) is 8.07. The highest BCUT2D eigenvalue weighted by molar-refractivity contribution is 6.25. The largest absolute Gasteiger partial charge is 0.274 e. The zero-order chi connectivity index (χ0) is 15.7. The van der Waals surface area contributed by atoms with E-state index in [1.807, 2.05) is 31.2 Å². The van der Waals surface area contributed by atoms with Crippen molar-refractivity contribution in [2.24, 2.45) is 23.7 Å². The number of carbonyl (C=O) groups is 2. The molecule has 4 atom stereocenters. The number of para-hydroxylation sites is 1. The molecule has 23 heavy (non-hydrogen) atoms. The van der Waals surface area contributed by atoms with Gasteiger partial charge >= 0.3 is 0 Å². The lowest BCUT2D eigenvalue weighted by atomic mass is 9.85. The second kappa shape index (κ2) is 4.28. The van der Waals surface area contributed by atoms with Crippen LogP contribution >= 0.6 is 0 Å². The maximum atomic E-state index is 13.0. The quantitative estimate of drug-likeness (QED) is 0.601. The van der Waals surface area contributed by atoms with Gasteiger partial charge in [0, 0.05) is 11.6 Å². The Morgan fingerprint density at radius 2 is 1.74 bits per heavy atom. The van der Waals surface area contributed by atoms with E-state index in [1.54, 1.807) is 6.20 Å². The molecule has 0 radical (unpaired) electrons. The summed E-state index contributed by atoms with van der Waals surface area (Å²) in [5.41, 5.74) is 2.46. The number of carbonyl (C=O) groups excluding carboxylic acids is 2. The average Bonchev–Trinajstić information content (AvgIpc) is 3.22. The first-order chi connectivity index (χ1) is 11.2. The normalized spacial score (nSPS) is 31.4. The molecule has 2 heterocycles. The van der Waals surface area contributed by atoms with Gasteiger partial charge < -0.3 is 0 Å². The van der Waals surface area contributed by atoms with Gasteiger partial charge in [-0.3, -0.25) is 14.6 Å². The number of fused-ring (bicyclic) bond motifs is 6. The maximum absolute atomic E-state index is 13.0. The summed E-state index contributed by atoms with van der Waals surface area (Å²) >= 11 is 0. The Labute approximate surface area is 133 Å². The van der Waals surface area contributed by atoms with Gasteiger partial charge in [-0.1, -0.05) is 24.3 Å². The Morgan fingerprint density at radius 1 is 1.04 bits per heavy atom. The van der Waals surface area contributed by atoms with Crippen LogP contribution in [0.1, 0.15) is 12.0 Å². The number of rotatable bonds is 1.